The summed E-state index contributed by atoms with van der Waals surface area (Å²) in [7, 11) is 0. The van der Waals surface area contributed by atoms with Gasteiger partial charge in [-0.1, -0.05) is 30.2 Å². The molecule has 0 heterocycles. The highest BCUT2D eigenvalue weighted by Crippen LogP contribution is 2.40. The molecule has 76 valence electrons. The minimum absolute atomic E-state index is 0.0619. The van der Waals surface area contributed by atoms with Crippen LogP contribution in [0.25, 0.3) is 0 Å². The Morgan fingerprint density at radius 2 is 2.14 bits per heavy atom. The lowest BCUT2D eigenvalue weighted by Crippen LogP contribution is -2.20. The van der Waals surface area contributed by atoms with Crippen LogP contribution >= 0.6 is 11.6 Å². The average molecular weight is 215 g/mol. The topological polar surface area (TPSA) is 20.2 Å². The molecule has 3 heteroatoms. The van der Waals surface area contributed by atoms with Gasteiger partial charge in [0.15, 0.2) is 0 Å². The molecule has 1 aromatic carbocycles. The number of rotatable bonds is 2. The number of aliphatic hydroxyl groups excluding tert-OH is 1. The maximum absolute atomic E-state index is 13.1. The molecule has 14 heavy (non-hydrogen) atoms. The Labute approximate surface area is 87.5 Å². The first-order valence-electron chi connectivity index (χ1n) is 4.82. The van der Waals surface area contributed by atoms with Crippen LogP contribution in [0.15, 0.2) is 18.2 Å². The Kier molecular flexibility index (Phi) is 2.75. The zero-order valence-corrected chi connectivity index (χ0v) is 8.47. The summed E-state index contributed by atoms with van der Waals surface area (Å²) in [5, 5.41) is 9.96. The van der Waals surface area contributed by atoms with Crippen molar-refractivity contribution >= 4 is 11.6 Å². The zero-order valence-electron chi connectivity index (χ0n) is 7.71. The Hall–Kier alpha value is -0.600. The second-order valence-electron chi connectivity index (χ2n) is 3.78. The molecule has 0 bridgehead atoms. The van der Waals surface area contributed by atoms with Gasteiger partial charge in [-0.3, -0.25) is 0 Å². The molecule has 1 nitrogen and oxygen atoms in total. The van der Waals surface area contributed by atoms with Crippen molar-refractivity contribution in [2.45, 2.75) is 25.4 Å². The van der Waals surface area contributed by atoms with Crippen molar-refractivity contribution in [3.63, 3.8) is 0 Å². The van der Waals surface area contributed by atoms with Gasteiger partial charge < -0.3 is 5.11 Å². The summed E-state index contributed by atoms with van der Waals surface area (Å²) in [5.74, 6) is -0.197. The van der Waals surface area contributed by atoms with E-state index in [1.54, 1.807) is 12.1 Å². The van der Waals surface area contributed by atoms with Crippen LogP contribution in [0.1, 0.15) is 30.9 Å². The maximum atomic E-state index is 13.1. The van der Waals surface area contributed by atoms with Crippen LogP contribution < -0.4 is 0 Å². The van der Waals surface area contributed by atoms with E-state index in [1.165, 1.54) is 6.07 Å². The SMILES string of the molecule is OC(c1cccc(F)c1Cl)C1CCC1. The Balaban J connectivity index is 2.26. The summed E-state index contributed by atoms with van der Waals surface area (Å²) >= 11 is 5.78. The molecule has 1 N–H and O–H groups in total. The van der Waals surface area contributed by atoms with Crippen molar-refractivity contribution < 1.29 is 9.50 Å². The van der Waals surface area contributed by atoms with E-state index in [9.17, 15) is 9.50 Å². The second kappa shape index (κ2) is 3.87. The minimum atomic E-state index is -0.605. The number of benzene rings is 1. The van der Waals surface area contributed by atoms with Crippen LogP contribution in [0, 0.1) is 11.7 Å². The molecular weight excluding hydrogens is 203 g/mol. The highest BCUT2D eigenvalue weighted by Gasteiger charge is 2.28. The van der Waals surface area contributed by atoms with Crippen molar-refractivity contribution in [3.05, 3.63) is 34.6 Å². The molecule has 1 atom stereocenters. The Morgan fingerprint density at radius 1 is 1.43 bits per heavy atom. The second-order valence-corrected chi connectivity index (χ2v) is 4.16. The quantitative estimate of drug-likeness (QED) is 0.801. The molecule has 1 saturated carbocycles. The lowest BCUT2D eigenvalue weighted by molar-refractivity contribution is 0.0619. The van der Waals surface area contributed by atoms with Gasteiger partial charge in [0.05, 0.1) is 11.1 Å². The molecule has 2 rings (SSSR count). The zero-order chi connectivity index (χ0) is 10.1. The summed E-state index contributed by atoms with van der Waals surface area (Å²) < 4.78 is 13.1. The molecular formula is C11H12ClFO. The summed E-state index contributed by atoms with van der Waals surface area (Å²) in [6, 6.07) is 4.58. The van der Waals surface area contributed by atoms with Crippen molar-refractivity contribution in [1.82, 2.24) is 0 Å². The number of aliphatic hydroxyl groups is 1. The first-order chi connectivity index (χ1) is 6.70. The van der Waals surface area contributed by atoms with Crippen LogP contribution in [0.3, 0.4) is 0 Å². The van der Waals surface area contributed by atoms with Gasteiger partial charge >= 0.3 is 0 Å². The molecule has 0 amide bonds. The van der Waals surface area contributed by atoms with E-state index in [4.69, 9.17) is 11.6 Å². The molecule has 1 aromatic rings. The van der Waals surface area contributed by atoms with Crippen LogP contribution in [-0.2, 0) is 0 Å². The number of hydrogen-bond acceptors (Lipinski definition) is 1. The minimum Gasteiger partial charge on any atom is -0.388 e. The smallest absolute Gasteiger partial charge is 0.142 e. The van der Waals surface area contributed by atoms with E-state index in [2.05, 4.69) is 0 Å². The van der Waals surface area contributed by atoms with Crippen molar-refractivity contribution in [2.24, 2.45) is 5.92 Å². The fourth-order valence-corrected chi connectivity index (χ4v) is 2.00. The standard InChI is InChI=1S/C11H12ClFO/c12-10-8(5-2-6-9(10)13)11(14)7-3-1-4-7/h2,5-7,11,14H,1,3-4H2. The van der Waals surface area contributed by atoms with Crippen molar-refractivity contribution in [3.8, 4) is 0 Å². The number of hydrogen-bond donors (Lipinski definition) is 1. The Bertz CT molecular complexity index is 336. The third-order valence-corrected chi connectivity index (χ3v) is 3.30. The fraction of sp³-hybridized carbons (Fsp3) is 0.455. The van der Waals surface area contributed by atoms with Gasteiger partial charge in [0, 0.05) is 5.56 Å². The maximum Gasteiger partial charge on any atom is 0.142 e. The molecule has 1 unspecified atom stereocenters. The Morgan fingerprint density at radius 3 is 2.71 bits per heavy atom. The average Bonchev–Trinajstić information content (AvgIpc) is 2.06. The van der Waals surface area contributed by atoms with Crippen molar-refractivity contribution in [2.75, 3.05) is 0 Å². The van der Waals surface area contributed by atoms with Crippen LogP contribution in [-0.4, -0.2) is 5.11 Å². The molecule has 0 spiro atoms. The molecule has 0 radical (unpaired) electrons. The van der Waals surface area contributed by atoms with E-state index in [0.29, 0.717) is 5.56 Å². The number of halogens is 2. The third-order valence-electron chi connectivity index (χ3n) is 2.90. The van der Waals surface area contributed by atoms with Crippen molar-refractivity contribution in [1.29, 1.82) is 0 Å². The van der Waals surface area contributed by atoms with Crippen LogP contribution in [0.4, 0.5) is 4.39 Å². The summed E-state index contributed by atoms with van der Waals surface area (Å²) in [4.78, 5) is 0. The molecule has 1 aliphatic carbocycles. The molecule has 0 aliphatic heterocycles. The van der Waals surface area contributed by atoms with Gasteiger partial charge in [-0.15, -0.1) is 0 Å². The highest BCUT2D eigenvalue weighted by atomic mass is 35.5. The van der Waals surface area contributed by atoms with Gasteiger partial charge in [0.1, 0.15) is 5.82 Å². The largest absolute Gasteiger partial charge is 0.388 e. The fourth-order valence-electron chi connectivity index (χ4n) is 1.76. The molecule has 0 aromatic heterocycles. The van der Waals surface area contributed by atoms with E-state index in [0.717, 1.165) is 19.3 Å². The predicted octanol–water partition coefficient (Wildman–Crippen LogP) is 3.31. The van der Waals surface area contributed by atoms with E-state index in [1.807, 2.05) is 0 Å². The van der Waals surface area contributed by atoms with Crippen LogP contribution in [0.5, 0.6) is 0 Å². The predicted molar refractivity (Wildman–Crippen MR) is 53.7 cm³/mol. The van der Waals surface area contributed by atoms with E-state index >= 15 is 0 Å². The van der Waals surface area contributed by atoms with Gasteiger partial charge in [-0.05, 0) is 24.8 Å². The highest BCUT2D eigenvalue weighted by molar-refractivity contribution is 6.31. The summed E-state index contributed by atoms with van der Waals surface area (Å²) in [5.41, 5.74) is 0.524. The molecule has 0 saturated heterocycles. The third kappa shape index (κ3) is 1.64. The van der Waals surface area contributed by atoms with Gasteiger partial charge in [0.25, 0.3) is 0 Å². The van der Waals surface area contributed by atoms with E-state index in [-0.39, 0.29) is 10.9 Å². The first-order valence-corrected chi connectivity index (χ1v) is 5.20. The first kappa shape index (κ1) is 9.94. The van der Waals surface area contributed by atoms with E-state index < -0.39 is 11.9 Å². The van der Waals surface area contributed by atoms with Gasteiger partial charge in [-0.25, -0.2) is 4.39 Å². The summed E-state index contributed by atoms with van der Waals surface area (Å²) in [6.07, 6.45) is 2.56. The lowest BCUT2D eigenvalue weighted by atomic mass is 9.79. The van der Waals surface area contributed by atoms with Crippen LogP contribution in [0.2, 0.25) is 5.02 Å². The normalized spacial score (nSPS) is 19.1. The monoisotopic (exact) mass is 214 g/mol. The lowest BCUT2D eigenvalue weighted by Gasteiger charge is -2.30. The van der Waals surface area contributed by atoms with Gasteiger partial charge in [-0.2, -0.15) is 0 Å². The molecule has 1 aliphatic rings. The summed E-state index contributed by atoms with van der Waals surface area (Å²) in [6.45, 7) is 0. The molecule has 1 fully saturated rings. The van der Waals surface area contributed by atoms with Gasteiger partial charge in [0.2, 0.25) is 0 Å².